The van der Waals surface area contributed by atoms with Crippen molar-refractivity contribution in [1.82, 2.24) is 15.7 Å². The predicted octanol–water partition coefficient (Wildman–Crippen LogP) is 1.72. The van der Waals surface area contributed by atoms with Crippen LogP contribution in [0, 0.1) is 5.41 Å². The number of carbonyl (C=O) groups is 2. The Labute approximate surface area is 179 Å². The number of carboxylic acids is 2. The first-order chi connectivity index (χ1) is 14.8. The minimum absolute atomic E-state index is 0.213. The molecule has 1 heterocycles. The van der Waals surface area contributed by atoms with Gasteiger partial charge in [-0.25, -0.2) is 10.2 Å². The van der Waals surface area contributed by atoms with Gasteiger partial charge in [-0.2, -0.15) is 5.10 Å². The molecule has 0 radical (unpaired) electrons. The summed E-state index contributed by atoms with van der Waals surface area (Å²) >= 11 is 0. The standard InChI is InChI=1S/C16H23N5O.C4H6O5/c1-3-4-5-8-18-16(17)21-20-11-12-10-19-15-7-6-13(22-2)9-14(12)15;5-2(4(8)9)1-3(6)7/h6-7,9-11,19H,3-5,8H2,1-2H3,(H3,17,18,21);2,5H,1H2,(H,6,7)(H,8,9)/b20-11+;. The molecule has 11 nitrogen and oxygen atoms in total. The molecule has 2 rings (SSSR count). The number of hydrogen-bond donors (Lipinski definition) is 7. The second-order valence-electron chi connectivity index (χ2n) is 6.49. The fourth-order valence-corrected chi connectivity index (χ4v) is 2.40. The Morgan fingerprint density at radius 3 is 2.65 bits per heavy atom. The van der Waals surface area contributed by atoms with Crippen LogP contribution in [0.25, 0.3) is 10.9 Å². The van der Waals surface area contributed by atoms with Gasteiger partial charge in [0.2, 0.25) is 5.96 Å². The molecule has 0 fully saturated rings. The van der Waals surface area contributed by atoms with Crippen LogP contribution in [0.4, 0.5) is 0 Å². The van der Waals surface area contributed by atoms with Gasteiger partial charge < -0.3 is 30.4 Å². The molecule has 170 valence electrons. The number of nitrogens with one attached hydrogen (secondary N) is 4. The number of aliphatic carboxylic acids is 2. The number of ether oxygens (including phenoxy) is 1. The summed E-state index contributed by atoms with van der Waals surface area (Å²) in [6, 6.07) is 5.84. The number of aromatic nitrogens is 1. The van der Waals surface area contributed by atoms with E-state index in [4.69, 9.17) is 25.5 Å². The SMILES string of the molecule is CCCCCNC(=N)N/N=C/c1c[nH]c2ccc(OC)cc12.O=C(O)CC(O)C(=O)O. The van der Waals surface area contributed by atoms with Crippen molar-refractivity contribution in [2.24, 2.45) is 5.10 Å². The Bertz CT molecular complexity index is 895. The lowest BCUT2D eigenvalue weighted by Crippen LogP contribution is -2.33. The predicted molar refractivity (Wildman–Crippen MR) is 117 cm³/mol. The number of rotatable bonds is 10. The smallest absolute Gasteiger partial charge is 0.333 e. The van der Waals surface area contributed by atoms with Gasteiger partial charge in [0.15, 0.2) is 6.10 Å². The lowest BCUT2D eigenvalue weighted by Gasteiger charge is -2.05. The molecule has 1 atom stereocenters. The summed E-state index contributed by atoms with van der Waals surface area (Å²) in [4.78, 5) is 22.6. The van der Waals surface area contributed by atoms with Crippen LogP contribution in [-0.4, -0.2) is 64.2 Å². The summed E-state index contributed by atoms with van der Waals surface area (Å²) in [6.07, 6.45) is 4.43. The van der Waals surface area contributed by atoms with Crippen molar-refractivity contribution in [3.63, 3.8) is 0 Å². The Hall–Kier alpha value is -3.60. The number of aliphatic hydroxyl groups is 1. The fraction of sp³-hybridized carbons (Fsp3) is 0.400. The second kappa shape index (κ2) is 13.6. The third-order valence-corrected chi connectivity index (χ3v) is 4.04. The van der Waals surface area contributed by atoms with E-state index in [0.717, 1.165) is 35.2 Å². The number of fused-ring (bicyclic) bond motifs is 1. The van der Waals surface area contributed by atoms with Crippen LogP contribution in [0.2, 0.25) is 0 Å². The molecule has 1 unspecified atom stereocenters. The number of hydrogen-bond acceptors (Lipinski definition) is 6. The molecular formula is C20H29N5O6. The second-order valence-corrected chi connectivity index (χ2v) is 6.49. The highest BCUT2D eigenvalue weighted by Gasteiger charge is 2.16. The Morgan fingerprint density at radius 1 is 1.32 bits per heavy atom. The quantitative estimate of drug-likeness (QED) is 0.127. The zero-order chi connectivity index (χ0) is 23.2. The maximum absolute atomic E-state index is 9.72. The van der Waals surface area contributed by atoms with E-state index in [9.17, 15) is 9.59 Å². The Morgan fingerprint density at radius 2 is 2.06 bits per heavy atom. The Kier molecular flexibility index (Phi) is 11.2. The number of H-pyrrole nitrogens is 1. The van der Waals surface area contributed by atoms with Gasteiger partial charge in [-0.05, 0) is 24.6 Å². The van der Waals surface area contributed by atoms with Crippen LogP contribution in [0.15, 0.2) is 29.5 Å². The van der Waals surface area contributed by atoms with Gasteiger partial charge >= 0.3 is 11.9 Å². The van der Waals surface area contributed by atoms with Crippen molar-refractivity contribution in [3.8, 4) is 5.75 Å². The molecule has 0 aliphatic rings. The van der Waals surface area contributed by atoms with Crippen molar-refractivity contribution in [3.05, 3.63) is 30.0 Å². The molecule has 1 aromatic carbocycles. The van der Waals surface area contributed by atoms with E-state index in [0.29, 0.717) is 0 Å². The van der Waals surface area contributed by atoms with E-state index in [2.05, 4.69) is 27.8 Å². The molecule has 0 aliphatic carbocycles. The third-order valence-electron chi connectivity index (χ3n) is 4.04. The van der Waals surface area contributed by atoms with Crippen LogP contribution < -0.4 is 15.5 Å². The molecule has 31 heavy (non-hydrogen) atoms. The van der Waals surface area contributed by atoms with Gasteiger partial charge in [0.25, 0.3) is 0 Å². The lowest BCUT2D eigenvalue weighted by molar-refractivity contribution is -0.152. The maximum atomic E-state index is 9.72. The van der Waals surface area contributed by atoms with Crippen LogP contribution in [-0.2, 0) is 9.59 Å². The van der Waals surface area contributed by atoms with Gasteiger partial charge in [0, 0.05) is 29.2 Å². The molecule has 0 aliphatic heterocycles. The third kappa shape index (κ3) is 9.63. The van der Waals surface area contributed by atoms with Crippen molar-refractivity contribution in [2.45, 2.75) is 38.7 Å². The number of nitrogens with zero attached hydrogens (tertiary/aromatic N) is 1. The zero-order valence-corrected chi connectivity index (χ0v) is 17.5. The van der Waals surface area contributed by atoms with E-state index in [1.54, 1.807) is 13.3 Å². The van der Waals surface area contributed by atoms with Gasteiger partial charge in [-0.3, -0.25) is 10.2 Å². The van der Waals surface area contributed by atoms with E-state index >= 15 is 0 Å². The summed E-state index contributed by atoms with van der Waals surface area (Å²) in [7, 11) is 1.65. The highest BCUT2D eigenvalue weighted by atomic mass is 16.5. The van der Waals surface area contributed by atoms with Crippen molar-refractivity contribution >= 4 is 35.0 Å². The molecule has 0 saturated heterocycles. The largest absolute Gasteiger partial charge is 0.497 e. The topological polar surface area (TPSA) is 180 Å². The van der Waals surface area contributed by atoms with Gasteiger partial charge in [0.05, 0.1) is 19.7 Å². The molecule has 7 N–H and O–H groups in total. The number of aliphatic hydroxyl groups excluding tert-OH is 1. The molecule has 11 heteroatoms. The molecule has 1 aromatic heterocycles. The highest BCUT2D eigenvalue weighted by molar-refractivity contribution is 5.99. The molecule has 0 saturated carbocycles. The normalized spacial score (nSPS) is 11.5. The van der Waals surface area contributed by atoms with E-state index in [-0.39, 0.29) is 5.96 Å². The van der Waals surface area contributed by atoms with Crippen LogP contribution in [0.3, 0.4) is 0 Å². The monoisotopic (exact) mass is 435 g/mol. The van der Waals surface area contributed by atoms with E-state index < -0.39 is 24.5 Å². The summed E-state index contributed by atoms with van der Waals surface area (Å²) in [5.41, 5.74) is 4.66. The molecule has 2 aromatic rings. The number of carboxylic acid groups (broad SMARTS) is 2. The van der Waals surface area contributed by atoms with Gasteiger partial charge in [-0.15, -0.1) is 0 Å². The minimum Gasteiger partial charge on any atom is -0.497 e. The average Bonchev–Trinajstić information content (AvgIpc) is 3.13. The maximum Gasteiger partial charge on any atom is 0.333 e. The first-order valence-electron chi connectivity index (χ1n) is 9.67. The zero-order valence-electron chi connectivity index (χ0n) is 17.5. The summed E-state index contributed by atoms with van der Waals surface area (Å²) in [5, 5.41) is 40.0. The van der Waals surface area contributed by atoms with Crippen molar-refractivity contribution < 1.29 is 29.6 Å². The van der Waals surface area contributed by atoms with Crippen molar-refractivity contribution in [2.75, 3.05) is 13.7 Å². The number of aromatic amines is 1. The van der Waals surface area contributed by atoms with Crippen LogP contribution >= 0.6 is 0 Å². The minimum atomic E-state index is -1.79. The summed E-state index contributed by atoms with van der Waals surface area (Å²) in [5.74, 6) is -1.83. The highest BCUT2D eigenvalue weighted by Crippen LogP contribution is 2.22. The summed E-state index contributed by atoms with van der Waals surface area (Å²) < 4.78 is 5.24. The Balaban J connectivity index is 0.000000452. The average molecular weight is 435 g/mol. The van der Waals surface area contributed by atoms with Crippen LogP contribution in [0.1, 0.15) is 38.2 Å². The van der Waals surface area contributed by atoms with Gasteiger partial charge in [-0.1, -0.05) is 19.8 Å². The fourth-order valence-electron chi connectivity index (χ4n) is 2.40. The molecule has 0 spiro atoms. The number of guanidine groups is 1. The van der Waals surface area contributed by atoms with Crippen LogP contribution in [0.5, 0.6) is 5.75 Å². The number of methoxy groups -OCH3 is 1. The number of hydrazone groups is 1. The van der Waals surface area contributed by atoms with E-state index in [1.807, 2.05) is 24.4 Å². The van der Waals surface area contributed by atoms with E-state index in [1.165, 1.54) is 12.8 Å². The lowest BCUT2D eigenvalue weighted by atomic mass is 10.2. The first kappa shape index (κ1) is 25.4. The van der Waals surface area contributed by atoms with Crippen molar-refractivity contribution in [1.29, 1.82) is 5.41 Å². The summed E-state index contributed by atoms with van der Waals surface area (Å²) in [6.45, 7) is 2.95. The molecule has 0 amide bonds. The van der Waals surface area contributed by atoms with Gasteiger partial charge in [0.1, 0.15) is 5.75 Å². The molecule has 0 bridgehead atoms. The number of benzene rings is 1. The first-order valence-corrected chi connectivity index (χ1v) is 9.67. The number of unbranched alkanes of at least 4 members (excludes halogenated alkanes) is 2. The molecular weight excluding hydrogens is 406 g/mol.